The van der Waals surface area contributed by atoms with Gasteiger partial charge in [-0.3, -0.25) is 9.80 Å². The number of fused-ring (bicyclic) bond motifs is 1. The molecule has 0 aromatic carbocycles. The fraction of sp³-hybridized carbons (Fsp3) is 1.00. The molecule has 3 aliphatic heterocycles. The summed E-state index contributed by atoms with van der Waals surface area (Å²) in [5.74, 6) is 0. The fourth-order valence-corrected chi connectivity index (χ4v) is 4.68. The van der Waals surface area contributed by atoms with Crippen LogP contribution in [0, 0.1) is 0 Å². The zero-order valence-electron chi connectivity index (χ0n) is 12.5. The van der Waals surface area contributed by atoms with Gasteiger partial charge in [-0.15, -0.1) is 0 Å². The van der Waals surface area contributed by atoms with Gasteiger partial charge in [0, 0.05) is 50.8 Å². The molecule has 4 nitrogen and oxygen atoms in total. The maximum atomic E-state index is 6.27. The molecule has 0 spiro atoms. The summed E-state index contributed by atoms with van der Waals surface area (Å²) in [5, 5.41) is 0. The molecule has 3 heterocycles. The molecule has 3 aliphatic rings. The van der Waals surface area contributed by atoms with E-state index in [4.69, 9.17) is 5.73 Å². The molecular weight excluding hydrogens is 236 g/mol. The Morgan fingerprint density at radius 2 is 1.89 bits per heavy atom. The largest absolute Gasteiger partial charge is 0.329 e. The number of hydrogen-bond donors (Lipinski definition) is 1. The Hall–Kier alpha value is -0.160. The highest BCUT2D eigenvalue weighted by Crippen LogP contribution is 2.39. The summed E-state index contributed by atoms with van der Waals surface area (Å²) in [6.07, 6.45) is 5.31. The Morgan fingerprint density at radius 1 is 1.11 bits per heavy atom. The van der Waals surface area contributed by atoms with Gasteiger partial charge in [0.15, 0.2) is 0 Å². The van der Waals surface area contributed by atoms with Gasteiger partial charge in [-0.1, -0.05) is 6.92 Å². The van der Waals surface area contributed by atoms with E-state index in [9.17, 15) is 0 Å². The molecule has 0 aromatic rings. The first-order chi connectivity index (χ1) is 9.30. The molecule has 2 N–H and O–H groups in total. The zero-order valence-corrected chi connectivity index (χ0v) is 12.5. The van der Waals surface area contributed by atoms with Crippen LogP contribution in [-0.4, -0.2) is 78.6 Å². The minimum atomic E-state index is 0.300. The highest BCUT2D eigenvalue weighted by molar-refractivity contribution is 5.10. The van der Waals surface area contributed by atoms with E-state index in [1.807, 2.05) is 0 Å². The van der Waals surface area contributed by atoms with Crippen LogP contribution in [0.25, 0.3) is 0 Å². The SMILES string of the molecule is CCCN1CCN(C2(CN)CCN3CCCC32)CC1. The second-order valence-electron chi connectivity index (χ2n) is 6.58. The maximum Gasteiger partial charge on any atom is 0.0499 e. The van der Waals surface area contributed by atoms with Gasteiger partial charge >= 0.3 is 0 Å². The van der Waals surface area contributed by atoms with Crippen LogP contribution >= 0.6 is 0 Å². The number of piperazine rings is 1. The molecule has 2 atom stereocenters. The van der Waals surface area contributed by atoms with Crippen LogP contribution in [0.3, 0.4) is 0 Å². The normalized spacial score (nSPS) is 37.9. The van der Waals surface area contributed by atoms with Crippen LogP contribution in [0.15, 0.2) is 0 Å². The van der Waals surface area contributed by atoms with Crippen molar-refractivity contribution in [3.05, 3.63) is 0 Å². The molecule has 0 saturated carbocycles. The first kappa shape index (κ1) is 13.8. The van der Waals surface area contributed by atoms with E-state index in [0.29, 0.717) is 5.54 Å². The van der Waals surface area contributed by atoms with Gasteiger partial charge in [0.05, 0.1) is 0 Å². The van der Waals surface area contributed by atoms with Gasteiger partial charge in [-0.05, 0) is 38.8 Å². The van der Waals surface area contributed by atoms with Gasteiger partial charge in [-0.2, -0.15) is 0 Å². The van der Waals surface area contributed by atoms with Crippen LogP contribution in [0.5, 0.6) is 0 Å². The van der Waals surface area contributed by atoms with E-state index < -0.39 is 0 Å². The van der Waals surface area contributed by atoms with Crippen LogP contribution in [-0.2, 0) is 0 Å². The van der Waals surface area contributed by atoms with Crippen LogP contribution < -0.4 is 5.73 Å². The third kappa shape index (κ3) is 2.33. The molecule has 3 rings (SSSR count). The predicted octanol–water partition coefficient (Wildman–Crippen LogP) is 0.580. The van der Waals surface area contributed by atoms with Gasteiger partial charge in [0.1, 0.15) is 0 Å². The minimum Gasteiger partial charge on any atom is -0.329 e. The van der Waals surface area contributed by atoms with Crippen LogP contribution in [0.1, 0.15) is 32.6 Å². The predicted molar refractivity (Wildman–Crippen MR) is 79.3 cm³/mol. The average Bonchev–Trinajstić information content (AvgIpc) is 3.02. The third-order valence-corrected chi connectivity index (χ3v) is 5.71. The van der Waals surface area contributed by atoms with Gasteiger partial charge in [-0.25, -0.2) is 0 Å². The summed E-state index contributed by atoms with van der Waals surface area (Å²) in [7, 11) is 0. The molecule has 0 radical (unpaired) electrons. The molecule has 0 amide bonds. The van der Waals surface area contributed by atoms with Gasteiger partial charge in [0.25, 0.3) is 0 Å². The summed E-state index contributed by atoms with van der Waals surface area (Å²) >= 11 is 0. The Kier molecular flexibility index (Phi) is 4.13. The maximum absolute atomic E-state index is 6.27. The number of rotatable bonds is 4. The van der Waals surface area contributed by atoms with Crippen molar-refractivity contribution in [2.24, 2.45) is 5.73 Å². The van der Waals surface area contributed by atoms with Crippen molar-refractivity contribution < 1.29 is 0 Å². The summed E-state index contributed by atoms with van der Waals surface area (Å²) < 4.78 is 0. The molecular formula is C15H30N4. The van der Waals surface area contributed by atoms with Gasteiger partial charge < -0.3 is 10.6 Å². The molecule has 19 heavy (non-hydrogen) atoms. The van der Waals surface area contributed by atoms with E-state index >= 15 is 0 Å². The quantitative estimate of drug-likeness (QED) is 0.807. The van der Waals surface area contributed by atoms with Crippen molar-refractivity contribution in [2.45, 2.75) is 44.2 Å². The van der Waals surface area contributed by atoms with Crippen LogP contribution in [0.2, 0.25) is 0 Å². The van der Waals surface area contributed by atoms with Crippen molar-refractivity contribution in [3.8, 4) is 0 Å². The van der Waals surface area contributed by atoms with E-state index in [-0.39, 0.29) is 0 Å². The average molecular weight is 266 g/mol. The second-order valence-corrected chi connectivity index (χ2v) is 6.58. The topological polar surface area (TPSA) is 35.7 Å². The van der Waals surface area contributed by atoms with Crippen LogP contribution in [0.4, 0.5) is 0 Å². The Morgan fingerprint density at radius 3 is 2.58 bits per heavy atom. The number of hydrogen-bond acceptors (Lipinski definition) is 4. The molecule has 0 bridgehead atoms. The first-order valence-corrected chi connectivity index (χ1v) is 8.21. The smallest absolute Gasteiger partial charge is 0.0499 e. The number of nitrogens with two attached hydrogens (primary N) is 1. The summed E-state index contributed by atoms with van der Waals surface area (Å²) in [6, 6.07) is 0.746. The highest BCUT2D eigenvalue weighted by atomic mass is 15.4. The monoisotopic (exact) mass is 266 g/mol. The van der Waals surface area contributed by atoms with E-state index in [1.165, 1.54) is 71.5 Å². The first-order valence-electron chi connectivity index (χ1n) is 8.21. The third-order valence-electron chi connectivity index (χ3n) is 5.71. The lowest BCUT2D eigenvalue weighted by Crippen LogP contribution is -2.64. The van der Waals surface area contributed by atoms with Crippen molar-refractivity contribution >= 4 is 0 Å². The molecule has 3 saturated heterocycles. The number of nitrogens with zero attached hydrogens (tertiary/aromatic N) is 3. The lowest BCUT2D eigenvalue weighted by molar-refractivity contribution is 0.0193. The Labute approximate surface area is 117 Å². The van der Waals surface area contributed by atoms with E-state index in [2.05, 4.69) is 21.6 Å². The molecule has 0 aliphatic carbocycles. The molecule has 4 heteroatoms. The Bertz CT molecular complexity index is 301. The summed E-state index contributed by atoms with van der Waals surface area (Å²) in [4.78, 5) is 8.06. The molecule has 2 unspecified atom stereocenters. The van der Waals surface area contributed by atoms with Crippen molar-refractivity contribution in [3.63, 3.8) is 0 Å². The molecule has 3 fully saturated rings. The van der Waals surface area contributed by atoms with Crippen molar-refractivity contribution in [1.29, 1.82) is 0 Å². The Balaban J connectivity index is 1.66. The fourth-order valence-electron chi connectivity index (χ4n) is 4.68. The minimum absolute atomic E-state index is 0.300. The van der Waals surface area contributed by atoms with Crippen molar-refractivity contribution in [1.82, 2.24) is 14.7 Å². The lowest BCUT2D eigenvalue weighted by Gasteiger charge is -2.48. The van der Waals surface area contributed by atoms with E-state index in [0.717, 1.165) is 12.6 Å². The second kappa shape index (κ2) is 5.68. The zero-order chi connectivity index (χ0) is 13.3. The van der Waals surface area contributed by atoms with Gasteiger partial charge in [0.2, 0.25) is 0 Å². The summed E-state index contributed by atoms with van der Waals surface area (Å²) in [5.41, 5.74) is 6.57. The lowest BCUT2D eigenvalue weighted by atomic mass is 9.86. The molecule has 110 valence electrons. The molecule has 0 aromatic heterocycles. The standard InChI is InChI=1S/C15H30N4/c1-2-6-17-9-11-19(12-10-17)15(13-16)5-8-18-7-3-4-14(15)18/h14H,2-13,16H2,1H3. The van der Waals surface area contributed by atoms with E-state index in [1.54, 1.807) is 0 Å². The van der Waals surface area contributed by atoms with Crippen molar-refractivity contribution in [2.75, 3.05) is 52.4 Å². The highest BCUT2D eigenvalue weighted by Gasteiger charge is 2.51. The summed E-state index contributed by atoms with van der Waals surface area (Å²) in [6.45, 7) is 11.9.